The molecule has 9 nitrogen and oxygen atoms in total. The first-order chi connectivity index (χ1) is 22.9. The highest BCUT2D eigenvalue weighted by molar-refractivity contribution is 7.90. The maximum Gasteiger partial charge on any atom is 0.262 e. The zero-order valence-electron chi connectivity index (χ0n) is 28.4. The molecule has 0 radical (unpaired) electrons. The van der Waals surface area contributed by atoms with Crippen LogP contribution >= 0.6 is 11.3 Å². The quantitative estimate of drug-likeness (QED) is 0.118. The molecule has 4 aromatic rings. The Bertz CT molecular complexity index is 1750. The van der Waals surface area contributed by atoms with E-state index in [9.17, 15) is 18.0 Å². The number of unbranched alkanes of at least 4 members (excludes halogenated alkanes) is 4. The molecule has 1 unspecified atom stereocenters. The molecule has 1 atom stereocenters. The highest BCUT2D eigenvalue weighted by Crippen LogP contribution is 2.29. The molecule has 2 heterocycles. The van der Waals surface area contributed by atoms with Crippen LogP contribution in [0.2, 0.25) is 0 Å². The number of rotatable bonds is 16. The van der Waals surface area contributed by atoms with Crippen LogP contribution in [0, 0.1) is 0 Å². The van der Waals surface area contributed by atoms with E-state index in [1.165, 1.54) is 43.9 Å². The van der Waals surface area contributed by atoms with Gasteiger partial charge in [-0.25, -0.2) is 18.4 Å². The maximum atomic E-state index is 13.1. The van der Waals surface area contributed by atoms with Gasteiger partial charge in [0.15, 0.2) is 5.82 Å². The summed E-state index contributed by atoms with van der Waals surface area (Å²) in [5.41, 5.74) is 3.25. The number of hydrogen-bond donors (Lipinski definition) is 2. The van der Waals surface area contributed by atoms with E-state index >= 15 is 0 Å². The van der Waals surface area contributed by atoms with Crippen LogP contribution in [0.1, 0.15) is 86.8 Å². The fourth-order valence-corrected chi connectivity index (χ4v) is 6.45. The standard InChI is InChI=1S/C37H46N4O5S2/c1-6-8-9-10-11-22-46-30-18-16-27(17-19-30)29-24-38-34(39-25-29)28-14-12-26(13-15-28)23-31(35(42)41-48(44,45)7-2)40-36(43)32-20-21-33(47-32)37(3,4)5/h12-21,24-25,31H,6-11,22-23H2,1-5H3,(H,40,43)(H,41,42). The number of amides is 2. The molecule has 0 saturated heterocycles. The van der Waals surface area contributed by atoms with E-state index in [4.69, 9.17) is 4.74 Å². The van der Waals surface area contributed by atoms with Gasteiger partial charge in [-0.1, -0.05) is 89.8 Å². The monoisotopic (exact) mass is 690 g/mol. The average molecular weight is 691 g/mol. The fourth-order valence-electron chi connectivity index (χ4n) is 4.89. The van der Waals surface area contributed by atoms with Crippen molar-refractivity contribution in [2.75, 3.05) is 12.4 Å². The van der Waals surface area contributed by atoms with Crippen LogP contribution in [0.4, 0.5) is 0 Å². The lowest BCUT2D eigenvalue weighted by Gasteiger charge is -2.18. The summed E-state index contributed by atoms with van der Waals surface area (Å²) in [4.78, 5) is 36.8. The maximum absolute atomic E-state index is 13.1. The second-order valence-corrected chi connectivity index (χ2v) is 15.9. The minimum absolute atomic E-state index is 0.0902. The number of hydrogen-bond acceptors (Lipinski definition) is 8. The van der Waals surface area contributed by atoms with Gasteiger partial charge in [0.1, 0.15) is 11.8 Å². The molecule has 0 aliphatic carbocycles. The van der Waals surface area contributed by atoms with E-state index < -0.39 is 27.9 Å². The Morgan fingerprint density at radius 1 is 0.833 bits per heavy atom. The van der Waals surface area contributed by atoms with Gasteiger partial charge >= 0.3 is 0 Å². The summed E-state index contributed by atoms with van der Waals surface area (Å²) in [7, 11) is -3.82. The SMILES string of the molecule is CCCCCCCOc1ccc(-c2cnc(-c3ccc(CC(NC(=O)c4ccc(C(C)(C)C)s4)C(=O)NS(=O)(=O)CC)cc3)nc2)cc1. The number of nitrogens with zero attached hydrogens (tertiary/aromatic N) is 2. The minimum atomic E-state index is -3.82. The summed E-state index contributed by atoms with van der Waals surface area (Å²) in [5.74, 6) is -0.0970. The predicted molar refractivity (Wildman–Crippen MR) is 193 cm³/mol. The Labute approximate surface area is 288 Å². The van der Waals surface area contributed by atoms with E-state index in [-0.39, 0.29) is 17.6 Å². The van der Waals surface area contributed by atoms with Crippen LogP contribution in [0.5, 0.6) is 5.75 Å². The van der Waals surface area contributed by atoms with Gasteiger partial charge in [-0.05, 0) is 54.2 Å². The molecule has 48 heavy (non-hydrogen) atoms. The van der Waals surface area contributed by atoms with Crippen LogP contribution in [0.25, 0.3) is 22.5 Å². The third-order valence-electron chi connectivity index (χ3n) is 7.84. The molecule has 0 aliphatic rings. The zero-order chi connectivity index (χ0) is 34.7. The molecule has 0 bridgehead atoms. The van der Waals surface area contributed by atoms with E-state index in [0.29, 0.717) is 10.7 Å². The number of nitrogens with one attached hydrogen (secondary N) is 2. The van der Waals surface area contributed by atoms with Gasteiger partial charge in [-0.15, -0.1) is 11.3 Å². The van der Waals surface area contributed by atoms with Crippen LogP contribution < -0.4 is 14.8 Å². The highest BCUT2D eigenvalue weighted by atomic mass is 32.2. The van der Waals surface area contributed by atoms with Crippen molar-refractivity contribution in [3.8, 4) is 28.3 Å². The third-order valence-corrected chi connectivity index (χ3v) is 10.6. The normalized spacial score (nSPS) is 12.4. The molecule has 256 valence electrons. The predicted octanol–water partition coefficient (Wildman–Crippen LogP) is 7.33. The van der Waals surface area contributed by atoms with Crippen molar-refractivity contribution in [2.45, 2.75) is 84.6 Å². The van der Waals surface area contributed by atoms with Gasteiger partial charge in [0.2, 0.25) is 10.0 Å². The third kappa shape index (κ3) is 10.7. The van der Waals surface area contributed by atoms with Crippen LogP contribution in [0.15, 0.2) is 73.1 Å². The Hall–Kier alpha value is -4.09. The summed E-state index contributed by atoms with van der Waals surface area (Å²) < 4.78 is 32.3. The van der Waals surface area contributed by atoms with Crippen molar-refractivity contribution >= 4 is 33.2 Å². The number of ether oxygens (including phenoxy) is 1. The van der Waals surface area contributed by atoms with E-state index in [2.05, 4.69) is 47.7 Å². The Balaban J connectivity index is 1.41. The number of carbonyl (C=O) groups is 2. The zero-order valence-corrected chi connectivity index (χ0v) is 30.0. The molecular formula is C37H46N4O5S2. The topological polar surface area (TPSA) is 127 Å². The highest BCUT2D eigenvalue weighted by Gasteiger charge is 2.27. The van der Waals surface area contributed by atoms with Crippen LogP contribution in [-0.4, -0.2) is 48.6 Å². The Morgan fingerprint density at radius 2 is 1.48 bits per heavy atom. The molecule has 0 saturated carbocycles. The number of sulfonamides is 1. The molecule has 2 N–H and O–H groups in total. The molecular weight excluding hydrogens is 645 g/mol. The Morgan fingerprint density at radius 3 is 2.08 bits per heavy atom. The van der Waals surface area contributed by atoms with Crippen LogP contribution in [0.3, 0.4) is 0 Å². The van der Waals surface area contributed by atoms with Crippen molar-refractivity contribution in [3.63, 3.8) is 0 Å². The largest absolute Gasteiger partial charge is 0.494 e. The average Bonchev–Trinajstić information content (AvgIpc) is 3.59. The molecule has 2 aromatic heterocycles. The van der Waals surface area contributed by atoms with E-state index in [1.807, 2.05) is 54.6 Å². The van der Waals surface area contributed by atoms with Crippen molar-refractivity contribution in [1.82, 2.24) is 20.0 Å². The van der Waals surface area contributed by atoms with Crippen molar-refractivity contribution < 1.29 is 22.7 Å². The lowest BCUT2D eigenvalue weighted by atomic mass is 9.95. The second kappa shape index (κ2) is 16.8. The number of benzene rings is 2. The summed E-state index contributed by atoms with van der Waals surface area (Å²) in [5, 5.41) is 2.75. The first kappa shape index (κ1) is 36.7. The van der Waals surface area contributed by atoms with Crippen molar-refractivity contribution in [1.29, 1.82) is 0 Å². The molecule has 11 heteroatoms. The molecule has 2 aromatic carbocycles. The van der Waals surface area contributed by atoms with Crippen LogP contribution in [-0.2, 0) is 26.7 Å². The smallest absolute Gasteiger partial charge is 0.262 e. The first-order valence-corrected chi connectivity index (χ1v) is 19.0. The van der Waals surface area contributed by atoms with Crippen molar-refractivity contribution in [3.05, 3.63) is 88.4 Å². The fraction of sp³-hybridized carbons (Fsp3) is 0.405. The molecule has 4 rings (SSSR count). The lowest BCUT2D eigenvalue weighted by molar-refractivity contribution is -0.121. The molecule has 2 amide bonds. The van der Waals surface area contributed by atoms with Gasteiger partial charge in [0.25, 0.3) is 11.8 Å². The molecule has 0 spiro atoms. The van der Waals surface area contributed by atoms with Gasteiger partial charge in [-0.3, -0.25) is 14.3 Å². The number of carbonyl (C=O) groups excluding carboxylic acids is 2. The van der Waals surface area contributed by atoms with Gasteiger partial charge in [0, 0.05) is 34.8 Å². The van der Waals surface area contributed by atoms with Gasteiger partial charge in [-0.2, -0.15) is 0 Å². The van der Waals surface area contributed by atoms with E-state index in [0.717, 1.165) is 45.9 Å². The van der Waals surface area contributed by atoms with Gasteiger partial charge < -0.3 is 10.1 Å². The summed E-state index contributed by atoms with van der Waals surface area (Å²) in [6.45, 7) is 10.5. The number of aromatic nitrogens is 2. The lowest BCUT2D eigenvalue weighted by Crippen LogP contribution is -2.49. The van der Waals surface area contributed by atoms with Gasteiger partial charge in [0.05, 0.1) is 17.2 Å². The summed E-state index contributed by atoms with van der Waals surface area (Å²) in [6, 6.07) is 17.7. The minimum Gasteiger partial charge on any atom is -0.494 e. The summed E-state index contributed by atoms with van der Waals surface area (Å²) in [6.07, 6.45) is 9.64. The Kier molecular flexibility index (Phi) is 12.9. The molecule has 0 aliphatic heterocycles. The molecule has 0 fully saturated rings. The number of thiophene rings is 1. The first-order valence-electron chi connectivity index (χ1n) is 16.5. The van der Waals surface area contributed by atoms with E-state index in [1.54, 1.807) is 18.5 Å². The van der Waals surface area contributed by atoms with Crippen molar-refractivity contribution in [2.24, 2.45) is 0 Å². The summed E-state index contributed by atoms with van der Waals surface area (Å²) >= 11 is 1.35. The second-order valence-electron chi connectivity index (χ2n) is 12.8.